The highest BCUT2D eigenvalue weighted by atomic mass is 79.9. The Morgan fingerprint density at radius 2 is 2.16 bits per heavy atom. The van der Waals surface area contributed by atoms with Gasteiger partial charge in [-0.2, -0.15) is 0 Å². The molecule has 1 atom stereocenters. The van der Waals surface area contributed by atoms with Gasteiger partial charge in [0, 0.05) is 29.6 Å². The van der Waals surface area contributed by atoms with Gasteiger partial charge in [-0.3, -0.25) is 9.69 Å². The molecule has 2 aliphatic rings. The van der Waals surface area contributed by atoms with E-state index in [1.54, 1.807) is 12.1 Å². The Morgan fingerprint density at radius 3 is 2.84 bits per heavy atom. The molecule has 0 bridgehead atoms. The number of nitrogens with one attached hydrogen (secondary N) is 1. The first-order valence-electron chi connectivity index (χ1n) is 6.64. The average Bonchev–Trinajstić information content (AvgIpc) is 3.10. The van der Waals surface area contributed by atoms with E-state index >= 15 is 0 Å². The highest BCUT2D eigenvalue weighted by Gasteiger charge is 2.35. The predicted molar refractivity (Wildman–Crippen MR) is 74.6 cm³/mol. The molecule has 1 amide bonds. The van der Waals surface area contributed by atoms with E-state index in [0.717, 1.165) is 25.6 Å². The molecular formula is C14H16BrFN2O. The van der Waals surface area contributed by atoms with Crippen molar-refractivity contribution in [3.8, 4) is 0 Å². The van der Waals surface area contributed by atoms with Crippen LogP contribution in [0.4, 0.5) is 4.39 Å². The number of carbonyl (C=O) groups excluding carboxylic acids is 1. The Balaban J connectivity index is 1.65. The van der Waals surface area contributed by atoms with Crippen molar-refractivity contribution in [2.75, 3.05) is 13.1 Å². The molecule has 3 rings (SSSR count). The van der Waals surface area contributed by atoms with Crippen molar-refractivity contribution >= 4 is 21.8 Å². The summed E-state index contributed by atoms with van der Waals surface area (Å²) in [6, 6.07) is 5.44. The second-order valence-corrected chi connectivity index (χ2v) is 6.14. The van der Waals surface area contributed by atoms with Gasteiger partial charge < -0.3 is 5.32 Å². The van der Waals surface area contributed by atoms with E-state index in [-0.39, 0.29) is 17.5 Å². The zero-order valence-electron chi connectivity index (χ0n) is 10.5. The van der Waals surface area contributed by atoms with Crippen LogP contribution in [-0.4, -0.2) is 36.0 Å². The monoisotopic (exact) mass is 326 g/mol. The topological polar surface area (TPSA) is 32.3 Å². The fourth-order valence-electron chi connectivity index (χ4n) is 2.65. The maximum absolute atomic E-state index is 13.7. The summed E-state index contributed by atoms with van der Waals surface area (Å²) >= 11 is 3.23. The van der Waals surface area contributed by atoms with Crippen LogP contribution >= 0.6 is 15.9 Å². The lowest BCUT2D eigenvalue weighted by Crippen LogP contribution is -2.38. The van der Waals surface area contributed by atoms with Crippen molar-refractivity contribution in [3.05, 3.63) is 34.1 Å². The van der Waals surface area contributed by atoms with Gasteiger partial charge in [0.15, 0.2) is 0 Å². The minimum absolute atomic E-state index is 0.104. The number of halogens is 2. The predicted octanol–water partition coefficient (Wildman–Crippen LogP) is 2.55. The van der Waals surface area contributed by atoms with Gasteiger partial charge in [0.2, 0.25) is 0 Å². The Kier molecular flexibility index (Phi) is 3.58. The third-order valence-corrected chi connectivity index (χ3v) is 4.47. The third-order valence-electron chi connectivity index (χ3n) is 3.81. The molecule has 102 valence electrons. The van der Waals surface area contributed by atoms with Gasteiger partial charge in [0.25, 0.3) is 5.91 Å². The SMILES string of the molecule is O=C(NC1CCN(C2CC2)C1)c1c(F)cccc1Br. The second-order valence-electron chi connectivity index (χ2n) is 5.28. The number of hydrogen-bond donors (Lipinski definition) is 1. The molecule has 1 heterocycles. The van der Waals surface area contributed by atoms with Gasteiger partial charge in [-0.1, -0.05) is 6.07 Å². The molecule has 19 heavy (non-hydrogen) atoms. The fraction of sp³-hybridized carbons (Fsp3) is 0.500. The Morgan fingerprint density at radius 1 is 1.37 bits per heavy atom. The molecule has 0 aromatic heterocycles. The molecule has 1 saturated carbocycles. The zero-order chi connectivity index (χ0) is 13.4. The number of hydrogen-bond acceptors (Lipinski definition) is 2. The summed E-state index contributed by atoms with van der Waals surface area (Å²) in [5.41, 5.74) is 0.104. The highest BCUT2D eigenvalue weighted by Crippen LogP contribution is 2.30. The molecule has 2 fully saturated rings. The number of carbonyl (C=O) groups is 1. The maximum Gasteiger partial charge on any atom is 0.255 e. The number of benzene rings is 1. The van der Waals surface area contributed by atoms with Gasteiger partial charge in [-0.15, -0.1) is 0 Å². The van der Waals surface area contributed by atoms with Crippen LogP contribution in [0, 0.1) is 5.82 Å². The van der Waals surface area contributed by atoms with Crippen LogP contribution in [0.25, 0.3) is 0 Å². The second kappa shape index (κ2) is 5.21. The van der Waals surface area contributed by atoms with E-state index in [1.807, 2.05) is 0 Å². The van der Waals surface area contributed by atoms with Gasteiger partial charge in [0.05, 0.1) is 5.56 Å². The molecule has 1 saturated heterocycles. The first-order valence-corrected chi connectivity index (χ1v) is 7.43. The molecule has 1 unspecified atom stereocenters. The molecule has 3 nitrogen and oxygen atoms in total. The van der Waals surface area contributed by atoms with Crippen molar-refractivity contribution in [1.82, 2.24) is 10.2 Å². The van der Waals surface area contributed by atoms with Gasteiger partial charge in [-0.25, -0.2) is 4.39 Å². The number of rotatable bonds is 3. The first kappa shape index (κ1) is 13.1. The molecular weight excluding hydrogens is 311 g/mol. The zero-order valence-corrected chi connectivity index (χ0v) is 12.1. The van der Waals surface area contributed by atoms with E-state index in [0.29, 0.717) is 4.47 Å². The van der Waals surface area contributed by atoms with E-state index in [1.165, 1.54) is 18.9 Å². The molecule has 0 spiro atoms. The van der Waals surface area contributed by atoms with Crippen LogP contribution in [-0.2, 0) is 0 Å². The van der Waals surface area contributed by atoms with Crippen molar-refractivity contribution in [1.29, 1.82) is 0 Å². The van der Waals surface area contributed by atoms with E-state index < -0.39 is 5.82 Å². The summed E-state index contributed by atoms with van der Waals surface area (Å²) in [5.74, 6) is -0.809. The lowest BCUT2D eigenvalue weighted by Gasteiger charge is -2.16. The largest absolute Gasteiger partial charge is 0.348 e. The summed E-state index contributed by atoms with van der Waals surface area (Å²) in [5, 5.41) is 2.94. The highest BCUT2D eigenvalue weighted by molar-refractivity contribution is 9.10. The minimum atomic E-state index is -0.482. The lowest BCUT2D eigenvalue weighted by atomic mass is 10.1. The summed E-state index contributed by atoms with van der Waals surface area (Å²) in [6.07, 6.45) is 3.51. The Hall–Kier alpha value is -0.940. The van der Waals surface area contributed by atoms with Crippen LogP contribution in [0.15, 0.2) is 22.7 Å². The molecule has 1 aliphatic carbocycles. The van der Waals surface area contributed by atoms with Crippen LogP contribution in [0.5, 0.6) is 0 Å². The standard InChI is InChI=1S/C14H16BrFN2O/c15-11-2-1-3-12(16)13(11)14(19)17-9-6-7-18(8-9)10-4-5-10/h1-3,9-10H,4-8H2,(H,17,19). The number of likely N-dealkylation sites (tertiary alicyclic amines) is 1. The quantitative estimate of drug-likeness (QED) is 0.925. The number of nitrogens with zero attached hydrogens (tertiary/aromatic N) is 1. The van der Waals surface area contributed by atoms with Crippen LogP contribution in [0.1, 0.15) is 29.6 Å². The molecule has 1 aliphatic heterocycles. The normalized spacial score (nSPS) is 23.6. The van der Waals surface area contributed by atoms with Gasteiger partial charge in [0.1, 0.15) is 5.82 Å². The third kappa shape index (κ3) is 2.82. The molecule has 0 radical (unpaired) electrons. The summed E-state index contributed by atoms with van der Waals surface area (Å²) in [4.78, 5) is 14.6. The van der Waals surface area contributed by atoms with Crippen molar-refractivity contribution < 1.29 is 9.18 Å². The molecule has 5 heteroatoms. The fourth-order valence-corrected chi connectivity index (χ4v) is 3.17. The molecule has 1 aromatic carbocycles. The van der Waals surface area contributed by atoms with E-state index in [4.69, 9.17) is 0 Å². The van der Waals surface area contributed by atoms with Crippen LogP contribution in [0.2, 0.25) is 0 Å². The van der Waals surface area contributed by atoms with Gasteiger partial charge >= 0.3 is 0 Å². The Labute approximate surface area is 120 Å². The van der Waals surface area contributed by atoms with Crippen molar-refractivity contribution in [2.24, 2.45) is 0 Å². The lowest BCUT2D eigenvalue weighted by molar-refractivity contribution is 0.0932. The average molecular weight is 327 g/mol. The maximum atomic E-state index is 13.7. The van der Waals surface area contributed by atoms with E-state index in [9.17, 15) is 9.18 Å². The van der Waals surface area contributed by atoms with Crippen LogP contribution < -0.4 is 5.32 Å². The molecule has 1 N–H and O–H groups in total. The number of amides is 1. The minimum Gasteiger partial charge on any atom is -0.348 e. The van der Waals surface area contributed by atoms with E-state index in [2.05, 4.69) is 26.1 Å². The summed E-state index contributed by atoms with van der Waals surface area (Å²) in [7, 11) is 0. The van der Waals surface area contributed by atoms with Crippen molar-refractivity contribution in [3.63, 3.8) is 0 Å². The van der Waals surface area contributed by atoms with Crippen molar-refractivity contribution in [2.45, 2.75) is 31.3 Å². The van der Waals surface area contributed by atoms with Crippen LogP contribution in [0.3, 0.4) is 0 Å². The first-order chi connectivity index (χ1) is 9.15. The summed E-state index contributed by atoms with van der Waals surface area (Å²) < 4.78 is 14.2. The summed E-state index contributed by atoms with van der Waals surface area (Å²) in [6.45, 7) is 1.93. The van der Waals surface area contributed by atoms with Gasteiger partial charge in [-0.05, 0) is 47.3 Å². The Bertz CT molecular complexity index is 484. The smallest absolute Gasteiger partial charge is 0.255 e. The molecule has 1 aromatic rings.